The van der Waals surface area contributed by atoms with Crippen molar-refractivity contribution in [3.8, 4) is 5.75 Å². The van der Waals surface area contributed by atoms with Crippen LogP contribution in [0.5, 0.6) is 5.75 Å². The van der Waals surface area contributed by atoms with E-state index in [-0.39, 0.29) is 14.7 Å². The zero-order valence-electron chi connectivity index (χ0n) is 20.2. The smallest absolute Gasteiger partial charge is 0.272 e. The van der Waals surface area contributed by atoms with Gasteiger partial charge in [-0.05, 0) is 67.0 Å². The van der Waals surface area contributed by atoms with Crippen molar-refractivity contribution < 1.29 is 17.2 Å². The zero-order chi connectivity index (χ0) is 25.3. The van der Waals surface area contributed by atoms with Gasteiger partial charge in [0.15, 0.2) is 0 Å². The van der Waals surface area contributed by atoms with Crippen molar-refractivity contribution in [2.24, 2.45) is 23.7 Å². The number of aromatic amines is 1. The van der Waals surface area contributed by atoms with Crippen molar-refractivity contribution >= 4 is 45.4 Å². The highest BCUT2D eigenvalue weighted by atomic mass is 35.5. The Labute approximate surface area is 220 Å². The third-order valence-electron chi connectivity index (χ3n) is 8.31. The number of hydrogen-bond donors (Lipinski definition) is 1. The quantitative estimate of drug-likeness (QED) is 0.433. The molecule has 1 saturated carbocycles. The number of likely N-dealkylation sites (tertiary alicyclic amines) is 2. The molecule has 4 atom stereocenters. The Balaban J connectivity index is 0.00000154. The number of nitrogens with zero attached hydrogens (tertiary/aromatic N) is 5. The molecule has 0 bridgehead atoms. The number of carbonyl (C=O) groups is 2. The molecule has 2 aromatic heterocycles. The van der Waals surface area contributed by atoms with E-state index in [4.69, 9.17) is 16.3 Å². The topological polar surface area (TPSA) is 104 Å². The summed E-state index contributed by atoms with van der Waals surface area (Å²) in [5.74, 6) is 2.26. The van der Waals surface area contributed by atoms with E-state index < -0.39 is 0 Å². The summed E-state index contributed by atoms with van der Waals surface area (Å²) in [4.78, 5) is 35.2. The fraction of sp³-hybridized carbons (Fsp3) is 0.370. The lowest BCUT2D eigenvalue weighted by molar-refractivity contribution is 0.0629. The lowest BCUT2D eigenvalue weighted by Gasteiger charge is -2.42. The van der Waals surface area contributed by atoms with E-state index >= 15 is 0 Å². The Morgan fingerprint density at radius 2 is 1.57 bits per heavy atom. The number of H-pyrrole nitrogens is 1. The molecule has 7 rings (SSSR count). The Bertz CT molecular complexity index is 1560. The Kier molecular flexibility index (Phi) is 5.11. The molecule has 10 heteroatoms. The SMILES string of the molecule is CCOc1cc(C(=O)N2CC3C(C2)[C@@H]2CN(C(=O)c4ccc5n[nH]nc5c4)C[C@H]32)nc2ccc(Cl)cc12.[HH].[HH]. The van der Waals surface area contributed by atoms with Crippen molar-refractivity contribution in [3.05, 3.63) is 58.7 Å². The first kappa shape index (κ1) is 22.5. The molecule has 0 radical (unpaired) electrons. The number of ether oxygens (including phenoxy) is 1. The van der Waals surface area contributed by atoms with Crippen LogP contribution in [0.4, 0.5) is 0 Å². The van der Waals surface area contributed by atoms with E-state index in [0.717, 1.165) is 24.0 Å². The summed E-state index contributed by atoms with van der Waals surface area (Å²) in [5, 5.41) is 12.2. The monoisotopic (exact) mass is 520 g/mol. The van der Waals surface area contributed by atoms with Crippen LogP contribution < -0.4 is 4.74 Å². The normalized spacial score (nSPS) is 24.3. The highest BCUT2D eigenvalue weighted by molar-refractivity contribution is 6.31. The molecule has 4 aromatic rings. The van der Waals surface area contributed by atoms with Gasteiger partial charge in [-0.15, -0.1) is 0 Å². The average molecular weight is 521 g/mol. The molecule has 192 valence electrons. The maximum absolute atomic E-state index is 13.5. The number of fused-ring (bicyclic) bond motifs is 6. The summed E-state index contributed by atoms with van der Waals surface area (Å²) in [6.45, 7) is 5.25. The second-order valence-corrected chi connectivity index (χ2v) is 10.6. The number of amides is 2. The van der Waals surface area contributed by atoms with Crippen molar-refractivity contribution in [2.75, 3.05) is 32.8 Å². The lowest BCUT2D eigenvalue weighted by Crippen LogP contribution is -2.44. The summed E-state index contributed by atoms with van der Waals surface area (Å²) < 4.78 is 5.82. The van der Waals surface area contributed by atoms with Gasteiger partial charge in [0.1, 0.15) is 22.5 Å². The predicted octanol–water partition coefficient (Wildman–Crippen LogP) is 4.14. The molecule has 1 aliphatic carbocycles. The molecule has 3 fully saturated rings. The molecular formula is C27H29ClN6O3. The summed E-state index contributed by atoms with van der Waals surface area (Å²) in [6.07, 6.45) is 0. The first-order valence-corrected chi connectivity index (χ1v) is 13.0. The Morgan fingerprint density at radius 1 is 0.919 bits per heavy atom. The van der Waals surface area contributed by atoms with Crippen LogP contribution in [0.25, 0.3) is 21.9 Å². The van der Waals surface area contributed by atoms with Gasteiger partial charge in [0.05, 0.1) is 12.1 Å². The minimum Gasteiger partial charge on any atom is -0.493 e. The standard InChI is InChI=1S/C27H25ClN6O3.2H2/c1-2-37-25-9-24(29-21-6-4-15(28)8-16(21)25)27(36)34-12-19-17-10-33(11-18(17)20(19)13-34)26(35)14-3-5-22-23(7-14)31-32-30-22;;/h3-9,17-20H,2,10-13H2,1H3,(H,30,31,32);2*1H/t17-,18+,19?,20?;;. The number of aromatic nitrogens is 4. The van der Waals surface area contributed by atoms with Crippen LogP contribution in [-0.2, 0) is 0 Å². The number of hydrogen-bond acceptors (Lipinski definition) is 6. The third kappa shape index (κ3) is 3.55. The number of rotatable bonds is 4. The number of carbonyl (C=O) groups excluding carboxylic acids is 2. The van der Waals surface area contributed by atoms with E-state index in [0.29, 0.717) is 76.4 Å². The fourth-order valence-electron chi connectivity index (χ4n) is 6.58. The van der Waals surface area contributed by atoms with E-state index in [1.807, 2.05) is 41.0 Å². The first-order valence-electron chi connectivity index (χ1n) is 12.6. The van der Waals surface area contributed by atoms with Gasteiger partial charge in [0, 0.05) is 51.1 Å². The minimum atomic E-state index is -0.0703. The van der Waals surface area contributed by atoms with Crippen LogP contribution in [0.2, 0.25) is 5.02 Å². The van der Waals surface area contributed by atoms with Gasteiger partial charge in [-0.2, -0.15) is 15.4 Å². The van der Waals surface area contributed by atoms with Crippen molar-refractivity contribution in [1.82, 2.24) is 30.2 Å². The molecule has 0 spiro atoms. The van der Waals surface area contributed by atoms with E-state index in [2.05, 4.69) is 20.4 Å². The molecule has 4 heterocycles. The fourth-order valence-corrected chi connectivity index (χ4v) is 6.75. The van der Waals surface area contributed by atoms with Crippen LogP contribution in [0.1, 0.15) is 30.6 Å². The van der Waals surface area contributed by atoms with Gasteiger partial charge >= 0.3 is 0 Å². The van der Waals surface area contributed by atoms with E-state index in [9.17, 15) is 9.59 Å². The Morgan fingerprint density at radius 3 is 2.27 bits per heavy atom. The van der Waals surface area contributed by atoms with Crippen molar-refractivity contribution in [3.63, 3.8) is 0 Å². The molecule has 2 amide bonds. The van der Waals surface area contributed by atoms with Gasteiger partial charge in [-0.3, -0.25) is 9.59 Å². The largest absolute Gasteiger partial charge is 0.493 e. The summed E-state index contributed by atoms with van der Waals surface area (Å²) in [7, 11) is 0. The highest BCUT2D eigenvalue weighted by Gasteiger charge is 2.59. The van der Waals surface area contributed by atoms with Crippen molar-refractivity contribution in [1.29, 1.82) is 0 Å². The Hall–Kier alpha value is -3.72. The van der Waals surface area contributed by atoms with Crippen LogP contribution >= 0.6 is 11.6 Å². The first-order chi connectivity index (χ1) is 18.0. The van der Waals surface area contributed by atoms with Crippen LogP contribution in [0, 0.1) is 23.7 Å². The van der Waals surface area contributed by atoms with Crippen LogP contribution in [0.15, 0.2) is 42.5 Å². The maximum atomic E-state index is 13.5. The molecule has 37 heavy (non-hydrogen) atoms. The number of benzene rings is 2. The number of pyridine rings is 1. The summed E-state index contributed by atoms with van der Waals surface area (Å²) >= 11 is 6.18. The van der Waals surface area contributed by atoms with E-state index in [1.54, 1.807) is 18.2 Å². The van der Waals surface area contributed by atoms with Gasteiger partial charge in [-0.25, -0.2) is 4.98 Å². The highest BCUT2D eigenvalue weighted by Crippen LogP contribution is 2.54. The molecule has 1 N–H and O–H groups in total. The summed E-state index contributed by atoms with van der Waals surface area (Å²) in [6, 6.07) is 12.6. The molecule has 2 aliphatic heterocycles. The second kappa shape index (κ2) is 8.41. The molecule has 3 aliphatic rings. The summed E-state index contributed by atoms with van der Waals surface area (Å²) in [5.41, 5.74) is 3.16. The average Bonchev–Trinajstić information content (AvgIpc) is 3.62. The lowest BCUT2D eigenvalue weighted by atomic mass is 9.60. The number of nitrogens with one attached hydrogen (secondary N) is 1. The van der Waals surface area contributed by atoms with Crippen molar-refractivity contribution in [2.45, 2.75) is 6.92 Å². The molecule has 2 unspecified atom stereocenters. The predicted molar refractivity (Wildman–Crippen MR) is 142 cm³/mol. The zero-order valence-corrected chi connectivity index (χ0v) is 21.0. The van der Waals surface area contributed by atoms with Gasteiger partial charge in [-0.1, -0.05) is 11.6 Å². The van der Waals surface area contributed by atoms with Gasteiger partial charge in [0.2, 0.25) is 0 Å². The maximum Gasteiger partial charge on any atom is 0.272 e. The minimum absolute atomic E-state index is 0. The third-order valence-corrected chi connectivity index (χ3v) is 8.55. The van der Waals surface area contributed by atoms with E-state index in [1.165, 1.54) is 0 Å². The molecule has 9 nitrogen and oxygen atoms in total. The molecule has 2 saturated heterocycles. The van der Waals surface area contributed by atoms with Crippen LogP contribution in [-0.4, -0.2) is 74.8 Å². The molecular weight excluding hydrogens is 492 g/mol. The number of halogens is 1. The van der Waals surface area contributed by atoms with Gasteiger partial charge in [0.25, 0.3) is 11.8 Å². The van der Waals surface area contributed by atoms with Crippen LogP contribution in [0.3, 0.4) is 0 Å². The van der Waals surface area contributed by atoms with Gasteiger partial charge < -0.3 is 14.5 Å². The second-order valence-electron chi connectivity index (χ2n) is 10.2. The molecule has 2 aromatic carbocycles.